The third kappa shape index (κ3) is 4.42. The molecule has 0 aliphatic heterocycles. The van der Waals surface area contributed by atoms with Gasteiger partial charge in [0.25, 0.3) is 0 Å². The summed E-state index contributed by atoms with van der Waals surface area (Å²) >= 11 is 0. The van der Waals surface area contributed by atoms with Crippen molar-refractivity contribution < 1.29 is 0 Å². The summed E-state index contributed by atoms with van der Waals surface area (Å²) in [6.07, 6.45) is 18.3. The Morgan fingerprint density at radius 3 is 2.67 bits per heavy atom. The molecule has 0 heterocycles. The van der Waals surface area contributed by atoms with Crippen molar-refractivity contribution in [2.24, 2.45) is 5.92 Å². The molecular formula is C17H31N. The Kier molecular flexibility index (Phi) is 6.26. The Labute approximate surface area is 113 Å². The van der Waals surface area contributed by atoms with E-state index in [1.54, 1.807) is 5.57 Å². The Hall–Kier alpha value is -0.300. The van der Waals surface area contributed by atoms with Crippen LogP contribution in [0.4, 0.5) is 0 Å². The van der Waals surface area contributed by atoms with Crippen molar-refractivity contribution in [3.8, 4) is 0 Å². The SMILES string of the molecule is CCNC(CCC1CCCCC1)C1=CCCCC1. The second-order valence-electron chi connectivity index (χ2n) is 6.22. The molecule has 1 atom stereocenters. The third-order valence-corrected chi connectivity index (χ3v) is 4.81. The van der Waals surface area contributed by atoms with E-state index in [4.69, 9.17) is 0 Å². The summed E-state index contributed by atoms with van der Waals surface area (Å²) in [4.78, 5) is 0. The summed E-state index contributed by atoms with van der Waals surface area (Å²) in [5.74, 6) is 1.03. The Balaban J connectivity index is 1.79. The summed E-state index contributed by atoms with van der Waals surface area (Å²) < 4.78 is 0. The van der Waals surface area contributed by atoms with Gasteiger partial charge in [-0.1, -0.05) is 50.7 Å². The maximum absolute atomic E-state index is 3.72. The average molecular weight is 249 g/mol. The highest BCUT2D eigenvalue weighted by Crippen LogP contribution is 2.30. The lowest BCUT2D eigenvalue weighted by molar-refractivity contribution is 0.319. The van der Waals surface area contributed by atoms with Gasteiger partial charge in [0.1, 0.15) is 0 Å². The van der Waals surface area contributed by atoms with Crippen molar-refractivity contribution in [3.05, 3.63) is 11.6 Å². The van der Waals surface area contributed by atoms with Gasteiger partial charge in [-0.05, 0) is 51.0 Å². The molecule has 1 heteroatoms. The molecule has 0 saturated heterocycles. The lowest BCUT2D eigenvalue weighted by atomic mass is 9.83. The quantitative estimate of drug-likeness (QED) is 0.665. The average Bonchev–Trinajstić information content (AvgIpc) is 2.45. The standard InChI is InChI=1S/C17H31N/c1-2-18-17(16-11-7-4-8-12-16)14-13-15-9-5-3-6-10-15/h11,15,17-18H,2-10,12-14H2,1H3. The van der Waals surface area contributed by atoms with Crippen LogP contribution in [0.1, 0.15) is 77.6 Å². The first kappa shape index (κ1) is 14.1. The molecular weight excluding hydrogens is 218 g/mol. The van der Waals surface area contributed by atoms with Gasteiger partial charge in [0.2, 0.25) is 0 Å². The zero-order valence-electron chi connectivity index (χ0n) is 12.2. The van der Waals surface area contributed by atoms with Gasteiger partial charge in [-0.25, -0.2) is 0 Å². The minimum Gasteiger partial charge on any atom is -0.311 e. The molecule has 104 valence electrons. The van der Waals surface area contributed by atoms with E-state index in [0.29, 0.717) is 6.04 Å². The second-order valence-corrected chi connectivity index (χ2v) is 6.22. The monoisotopic (exact) mass is 249 g/mol. The number of nitrogens with one attached hydrogen (secondary N) is 1. The number of hydrogen-bond donors (Lipinski definition) is 1. The molecule has 1 nitrogen and oxygen atoms in total. The van der Waals surface area contributed by atoms with Gasteiger partial charge in [0, 0.05) is 6.04 Å². The van der Waals surface area contributed by atoms with Gasteiger partial charge in [-0.2, -0.15) is 0 Å². The van der Waals surface area contributed by atoms with E-state index in [1.165, 1.54) is 70.6 Å². The van der Waals surface area contributed by atoms with Gasteiger partial charge in [-0.15, -0.1) is 0 Å². The van der Waals surface area contributed by atoms with Gasteiger partial charge >= 0.3 is 0 Å². The van der Waals surface area contributed by atoms with Crippen LogP contribution in [0.2, 0.25) is 0 Å². The molecule has 18 heavy (non-hydrogen) atoms. The topological polar surface area (TPSA) is 12.0 Å². The van der Waals surface area contributed by atoms with E-state index >= 15 is 0 Å². The molecule has 0 bridgehead atoms. The van der Waals surface area contributed by atoms with E-state index in [2.05, 4.69) is 18.3 Å². The van der Waals surface area contributed by atoms with Crippen LogP contribution in [-0.2, 0) is 0 Å². The van der Waals surface area contributed by atoms with Crippen molar-refractivity contribution in [3.63, 3.8) is 0 Å². The van der Waals surface area contributed by atoms with Crippen LogP contribution in [0.25, 0.3) is 0 Å². The summed E-state index contributed by atoms with van der Waals surface area (Å²) in [7, 11) is 0. The Morgan fingerprint density at radius 1 is 1.17 bits per heavy atom. The number of hydrogen-bond acceptors (Lipinski definition) is 1. The largest absolute Gasteiger partial charge is 0.311 e. The molecule has 0 radical (unpaired) electrons. The van der Waals surface area contributed by atoms with Crippen LogP contribution >= 0.6 is 0 Å². The van der Waals surface area contributed by atoms with Crippen molar-refractivity contribution >= 4 is 0 Å². The number of allylic oxidation sites excluding steroid dienone is 1. The first-order valence-corrected chi connectivity index (χ1v) is 8.32. The van der Waals surface area contributed by atoms with Crippen molar-refractivity contribution in [1.82, 2.24) is 5.32 Å². The first-order valence-electron chi connectivity index (χ1n) is 8.32. The van der Waals surface area contributed by atoms with Crippen molar-refractivity contribution in [1.29, 1.82) is 0 Å². The zero-order chi connectivity index (χ0) is 12.6. The summed E-state index contributed by atoms with van der Waals surface area (Å²) in [5.41, 5.74) is 1.72. The number of likely N-dealkylation sites (N-methyl/N-ethyl adjacent to an activating group) is 1. The van der Waals surface area contributed by atoms with Crippen LogP contribution in [0, 0.1) is 5.92 Å². The molecule has 1 unspecified atom stereocenters. The van der Waals surface area contributed by atoms with Gasteiger partial charge in [0.05, 0.1) is 0 Å². The Bertz CT molecular complexity index is 250. The van der Waals surface area contributed by atoms with Crippen LogP contribution in [0.5, 0.6) is 0 Å². The summed E-state index contributed by atoms with van der Waals surface area (Å²) in [5, 5.41) is 3.72. The van der Waals surface area contributed by atoms with E-state index in [0.717, 1.165) is 12.5 Å². The lowest BCUT2D eigenvalue weighted by Gasteiger charge is -2.27. The van der Waals surface area contributed by atoms with Crippen molar-refractivity contribution in [2.45, 2.75) is 83.6 Å². The smallest absolute Gasteiger partial charge is 0.0279 e. The highest BCUT2D eigenvalue weighted by molar-refractivity contribution is 5.13. The minimum absolute atomic E-state index is 0.692. The van der Waals surface area contributed by atoms with E-state index < -0.39 is 0 Å². The predicted molar refractivity (Wildman–Crippen MR) is 79.8 cm³/mol. The normalized spacial score (nSPS) is 23.7. The van der Waals surface area contributed by atoms with Crippen LogP contribution in [0.3, 0.4) is 0 Å². The third-order valence-electron chi connectivity index (χ3n) is 4.81. The van der Waals surface area contributed by atoms with E-state index in [-0.39, 0.29) is 0 Å². The van der Waals surface area contributed by atoms with Gasteiger partial charge < -0.3 is 5.32 Å². The molecule has 0 aromatic carbocycles. The minimum atomic E-state index is 0.692. The second kappa shape index (κ2) is 7.99. The maximum atomic E-state index is 3.72. The summed E-state index contributed by atoms with van der Waals surface area (Å²) in [6.45, 7) is 3.36. The van der Waals surface area contributed by atoms with Crippen LogP contribution in [-0.4, -0.2) is 12.6 Å². The number of rotatable bonds is 6. The van der Waals surface area contributed by atoms with Gasteiger partial charge in [-0.3, -0.25) is 0 Å². The molecule has 1 fully saturated rings. The van der Waals surface area contributed by atoms with Crippen LogP contribution in [0.15, 0.2) is 11.6 Å². The fourth-order valence-electron chi connectivity index (χ4n) is 3.72. The lowest BCUT2D eigenvalue weighted by Crippen LogP contribution is -2.32. The predicted octanol–water partition coefficient (Wildman–Crippen LogP) is 4.83. The molecule has 1 N–H and O–H groups in total. The van der Waals surface area contributed by atoms with Crippen molar-refractivity contribution in [2.75, 3.05) is 6.54 Å². The molecule has 0 spiro atoms. The molecule has 1 saturated carbocycles. The highest BCUT2D eigenvalue weighted by Gasteiger charge is 2.19. The zero-order valence-corrected chi connectivity index (χ0v) is 12.2. The fraction of sp³-hybridized carbons (Fsp3) is 0.882. The molecule has 0 aromatic heterocycles. The molecule has 2 rings (SSSR count). The Morgan fingerprint density at radius 2 is 2.00 bits per heavy atom. The molecule has 0 amide bonds. The fourth-order valence-corrected chi connectivity index (χ4v) is 3.72. The maximum Gasteiger partial charge on any atom is 0.0279 e. The van der Waals surface area contributed by atoms with Gasteiger partial charge in [0.15, 0.2) is 0 Å². The van der Waals surface area contributed by atoms with E-state index in [9.17, 15) is 0 Å². The first-order chi connectivity index (χ1) is 8.90. The molecule has 0 aromatic rings. The highest BCUT2D eigenvalue weighted by atomic mass is 14.9. The molecule has 2 aliphatic rings. The summed E-state index contributed by atoms with van der Waals surface area (Å²) in [6, 6.07) is 0.692. The molecule has 2 aliphatic carbocycles. The van der Waals surface area contributed by atoms with E-state index in [1.807, 2.05) is 0 Å². The van der Waals surface area contributed by atoms with Crippen LogP contribution < -0.4 is 5.32 Å².